The minimum Gasteiger partial charge on any atom is -0.476 e. The van der Waals surface area contributed by atoms with Crippen LogP contribution in [0.5, 0.6) is 0 Å². The van der Waals surface area contributed by atoms with Crippen molar-refractivity contribution < 1.29 is 19.4 Å². The van der Waals surface area contributed by atoms with Crippen LogP contribution >= 0.6 is 0 Å². The Labute approximate surface area is 133 Å². The number of carboxylic acid groups (broad SMARTS) is 1. The standard InChI is InChI=1S/C17H18N2O4/c1-17(2,3)23-16(22)10-6-7-11(13(18)9-10)12-5-4-8-19-14(12)15(20)21/h4-9H,18H2,1-3H3,(H,20,21). The fourth-order valence-corrected chi connectivity index (χ4v) is 2.07. The fraction of sp³-hybridized carbons (Fsp3) is 0.235. The number of carboxylic acids is 1. The summed E-state index contributed by atoms with van der Waals surface area (Å²) in [6.45, 7) is 5.33. The number of esters is 1. The van der Waals surface area contributed by atoms with Crippen LogP contribution in [-0.4, -0.2) is 27.6 Å². The van der Waals surface area contributed by atoms with Gasteiger partial charge in [0.2, 0.25) is 0 Å². The number of pyridine rings is 1. The number of nitrogens with zero attached hydrogens (tertiary/aromatic N) is 1. The molecule has 0 bridgehead atoms. The van der Waals surface area contributed by atoms with Gasteiger partial charge in [-0.1, -0.05) is 12.1 Å². The number of aromatic carboxylic acids is 1. The van der Waals surface area contributed by atoms with Gasteiger partial charge >= 0.3 is 11.9 Å². The second kappa shape index (κ2) is 6.08. The molecular weight excluding hydrogens is 296 g/mol. The molecule has 2 rings (SSSR count). The van der Waals surface area contributed by atoms with Crippen molar-refractivity contribution in [3.63, 3.8) is 0 Å². The summed E-state index contributed by atoms with van der Waals surface area (Å²) in [5.74, 6) is -1.63. The second-order valence-corrected chi connectivity index (χ2v) is 6.01. The molecule has 1 heterocycles. The number of aromatic nitrogens is 1. The van der Waals surface area contributed by atoms with Crippen LogP contribution in [0.25, 0.3) is 11.1 Å². The first kappa shape index (κ1) is 16.5. The van der Waals surface area contributed by atoms with Crippen molar-refractivity contribution in [3.05, 3.63) is 47.8 Å². The maximum Gasteiger partial charge on any atom is 0.355 e. The van der Waals surface area contributed by atoms with Crippen LogP contribution in [0.15, 0.2) is 36.5 Å². The number of hydrogen-bond acceptors (Lipinski definition) is 5. The molecule has 0 aliphatic carbocycles. The van der Waals surface area contributed by atoms with Crippen molar-refractivity contribution in [1.29, 1.82) is 0 Å². The molecule has 0 unspecified atom stereocenters. The first-order chi connectivity index (χ1) is 10.7. The van der Waals surface area contributed by atoms with E-state index in [9.17, 15) is 14.7 Å². The molecule has 6 heteroatoms. The molecule has 0 radical (unpaired) electrons. The summed E-state index contributed by atoms with van der Waals surface area (Å²) in [5, 5.41) is 9.21. The Morgan fingerprint density at radius 2 is 1.87 bits per heavy atom. The summed E-state index contributed by atoms with van der Waals surface area (Å²) in [5.41, 5.74) is 6.78. The average molecular weight is 314 g/mol. The van der Waals surface area contributed by atoms with Crippen LogP contribution in [0.3, 0.4) is 0 Å². The van der Waals surface area contributed by atoms with Crippen molar-refractivity contribution in [2.75, 3.05) is 5.73 Å². The van der Waals surface area contributed by atoms with Crippen LogP contribution < -0.4 is 5.73 Å². The highest BCUT2D eigenvalue weighted by molar-refractivity contribution is 5.98. The molecule has 0 aliphatic rings. The van der Waals surface area contributed by atoms with Crippen LogP contribution in [0.4, 0.5) is 5.69 Å². The third-order valence-electron chi connectivity index (χ3n) is 2.99. The Morgan fingerprint density at radius 1 is 1.17 bits per heavy atom. The molecule has 0 saturated carbocycles. The maximum absolute atomic E-state index is 12.1. The van der Waals surface area contributed by atoms with Gasteiger partial charge in [0.1, 0.15) is 5.60 Å². The summed E-state index contributed by atoms with van der Waals surface area (Å²) in [7, 11) is 0. The predicted octanol–water partition coefficient (Wildman–Crippen LogP) is 2.98. The average Bonchev–Trinajstić information content (AvgIpc) is 2.45. The van der Waals surface area contributed by atoms with Gasteiger partial charge in [-0.15, -0.1) is 0 Å². The van der Waals surface area contributed by atoms with E-state index in [-0.39, 0.29) is 11.4 Å². The zero-order chi connectivity index (χ0) is 17.2. The number of rotatable bonds is 3. The fourth-order valence-electron chi connectivity index (χ4n) is 2.07. The van der Waals surface area contributed by atoms with Crippen molar-refractivity contribution in [2.24, 2.45) is 0 Å². The lowest BCUT2D eigenvalue weighted by atomic mass is 10.00. The highest BCUT2D eigenvalue weighted by Crippen LogP contribution is 2.29. The SMILES string of the molecule is CC(C)(C)OC(=O)c1ccc(-c2cccnc2C(=O)O)c(N)c1. The lowest BCUT2D eigenvalue weighted by molar-refractivity contribution is 0.00694. The number of carbonyl (C=O) groups excluding carboxylic acids is 1. The topological polar surface area (TPSA) is 103 Å². The predicted molar refractivity (Wildman–Crippen MR) is 86.2 cm³/mol. The minimum absolute atomic E-state index is 0.0933. The van der Waals surface area contributed by atoms with Gasteiger partial charge in [0.05, 0.1) is 5.56 Å². The quantitative estimate of drug-likeness (QED) is 0.667. The number of nitrogens with two attached hydrogens (primary N) is 1. The number of carbonyl (C=O) groups is 2. The van der Waals surface area contributed by atoms with E-state index in [0.29, 0.717) is 16.7 Å². The number of anilines is 1. The zero-order valence-electron chi connectivity index (χ0n) is 13.2. The van der Waals surface area contributed by atoms with E-state index in [1.54, 1.807) is 45.0 Å². The smallest absolute Gasteiger partial charge is 0.355 e. The van der Waals surface area contributed by atoms with E-state index in [2.05, 4.69) is 4.98 Å². The Bertz CT molecular complexity index is 763. The highest BCUT2D eigenvalue weighted by atomic mass is 16.6. The van der Waals surface area contributed by atoms with Crippen molar-refractivity contribution >= 4 is 17.6 Å². The molecule has 0 fully saturated rings. The molecular formula is C17H18N2O4. The second-order valence-electron chi connectivity index (χ2n) is 6.01. The number of benzene rings is 1. The van der Waals surface area contributed by atoms with Crippen molar-refractivity contribution in [3.8, 4) is 11.1 Å². The van der Waals surface area contributed by atoms with E-state index < -0.39 is 17.5 Å². The van der Waals surface area contributed by atoms with Crippen LogP contribution in [0.1, 0.15) is 41.6 Å². The van der Waals surface area contributed by atoms with Crippen LogP contribution in [0.2, 0.25) is 0 Å². The molecule has 23 heavy (non-hydrogen) atoms. The van der Waals surface area contributed by atoms with Gasteiger partial charge in [-0.25, -0.2) is 14.6 Å². The molecule has 0 amide bonds. The number of ether oxygens (including phenoxy) is 1. The molecule has 0 atom stereocenters. The third-order valence-corrected chi connectivity index (χ3v) is 2.99. The molecule has 3 N–H and O–H groups in total. The molecule has 120 valence electrons. The Kier molecular flexibility index (Phi) is 4.36. The van der Waals surface area contributed by atoms with Gasteiger partial charge in [-0.05, 0) is 39.0 Å². The van der Waals surface area contributed by atoms with Crippen LogP contribution in [0, 0.1) is 0 Å². The largest absolute Gasteiger partial charge is 0.476 e. The van der Waals surface area contributed by atoms with Gasteiger partial charge in [-0.3, -0.25) is 0 Å². The van der Waals surface area contributed by atoms with Gasteiger partial charge in [0.25, 0.3) is 0 Å². The minimum atomic E-state index is -1.14. The lowest BCUT2D eigenvalue weighted by Crippen LogP contribution is -2.23. The molecule has 0 spiro atoms. The lowest BCUT2D eigenvalue weighted by Gasteiger charge is -2.19. The highest BCUT2D eigenvalue weighted by Gasteiger charge is 2.20. The first-order valence-electron chi connectivity index (χ1n) is 7.00. The monoisotopic (exact) mass is 314 g/mol. The Balaban J connectivity index is 2.42. The Hall–Kier alpha value is -2.89. The maximum atomic E-state index is 12.1. The molecule has 1 aromatic heterocycles. The van der Waals surface area contributed by atoms with Crippen molar-refractivity contribution in [1.82, 2.24) is 4.98 Å². The van der Waals surface area contributed by atoms with Gasteiger partial charge in [0, 0.05) is 23.0 Å². The van der Waals surface area contributed by atoms with E-state index in [0.717, 1.165) is 0 Å². The third kappa shape index (κ3) is 3.85. The van der Waals surface area contributed by atoms with Crippen molar-refractivity contribution in [2.45, 2.75) is 26.4 Å². The number of nitrogen functional groups attached to an aromatic ring is 1. The summed E-state index contributed by atoms with van der Waals surface area (Å²) >= 11 is 0. The molecule has 1 aromatic carbocycles. The van der Waals surface area contributed by atoms with E-state index in [1.807, 2.05) is 0 Å². The summed E-state index contributed by atoms with van der Waals surface area (Å²) in [6.07, 6.45) is 1.40. The van der Waals surface area contributed by atoms with E-state index in [1.165, 1.54) is 12.3 Å². The van der Waals surface area contributed by atoms with Gasteiger partial charge in [-0.2, -0.15) is 0 Å². The molecule has 6 nitrogen and oxygen atoms in total. The summed E-state index contributed by atoms with van der Waals surface area (Å²) in [6, 6.07) is 7.87. The van der Waals surface area contributed by atoms with E-state index >= 15 is 0 Å². The molecule has 0 aliphatic heterocycles. The zero-order valence-corrected chi connectivity index (χ0v) is 13.2. The van der Waals surface area contributed by atoms with E-state index in [4.69, 9.17) is 10.5 Å². The van der Waals surface area contributed by atoms with Crippen LogP contribution in [-0.2, 0) is 4.74 Å². The normalized spacial score (nSPS) is 11.1. The van der Waals surface area contributed by atoms with Gasteiger partial charge in [0.15, 0.2) is 5.69 Å². The number of hydrogen-bond donors (Lipinski definition) is 2. The molecule has 0 saturated heterocycles. The van der Waals surface area contributed by atoms with Gasteiger partial charge < -0.3 is 15.6 Å². The first-order valence-corrected chi connectivity index (χ1v) is 7.00. The molecule has 2 aromatic rings. The summed E-state index contributed by atoms with van der Waals surface area (Å²) < 4.78 is 5.29. The Morgan fingerprint density at radius 3 is 2.43 bits per heavy atom. The summed E-state index contributed by atoms with van der Waals surface area (Å²) in [4.78, 5) is 27.2.